The molecule has 10 nitrogen and oxygen atoms in total. The van der Waals surface area contributed by atoms with Gasteiger partial charge in [0.1, 0.15) is 23.9 Å². The van der Waals surface area contributed by atoms with Gasteiger partial charge in [0.15, 0.2) is 0 Å². The Kier molecular flexibility index (Phi) is 10.6. The lowest BCUT2D eigenvalue weighted by Crippen LogP contribution is -2.58. The third kappa shape index (κ3) is 7.91. The van der Waals surface area contributed by atoms with Gasteiger partial charge in [-0.15, -0.1) is 0 Å². The van der Waals surface area contributed by atoms with Crippen LogP contribution in [0.5, 0.6) is 5.75 Å². The maximum atomic E-state index is 13.1. The molecule has 188 valence electrons. The molecule has 1 saturated heterocycles. The van der Waals surface area contributed by atoms with E-state index in [4.69, 9.17) is 0 Å². The van der Waals surface area contributed by atoms with Gasteiger partial charge in [-0.05, 0) is 43.0 Å². The maximum absolute atomic E-state index is 13.1. The Hall–Kier alpha value is -2.79. The molecule has 5 atom stereocenters. The van der Waals surface area contributed by atoms with Crippen molar-refractivity contribution < 1.29 is 29.4 Å². The smallest absolute Gasteiger partial charge is 0.326 e. The summed E-state index contributed by atoms with van der Waals surface area (Å²) in [5.41, 5.74) is 0.701. The zero-order valence-electron chi connectivity index (χ0n) is 19.4. The van der Waals surface area contributed by atoms with E-state index in [1.807, 2.05) is 6.92 Å². The number of benzene rings is 1. The summed E-state index contributed by atoms with van der Waals surface area (Å²) < 4.78 is 0. The number of carbonyl (C=O) groups excluding carboxylic acids is 3. The first kappa shape index (κ1) is 27.5. The fourth-order valence-electron chi connectivity index (χ4n) is 3.66. The highest BCUT2D eigenvalue weighted by atomic mass is 32.1. The van der Waals surface area contributed by atoms with E-state index in [0.717, 1.165) is 13.0 Å². The Balaban J connectivity index is 2.13. The van der Waals surface area contributed by atoms with Crippen LogP contribution in [0.1, 0.15) is 38.7 Å². The minimum absolute atomic E-state index is 0.0610. The standard InChI is InChI=1S/C23H34N4O6S/c1-3-13(2)19(23(32)33)27-22(31)18(12-34)26-21(30)17(11-14-6-8-15(28)9-7-14)25-20(29)16-5-4-10-24-16/h6-9,13,16-19,24,28,34H,3-5,10-12H2,1-2H3,(H,25,29)(H,26,30)(H,27,31)(H,32,33). The van der Waals surface area contributed by atoms with E-state index >= 15 is 0 Å². The molecule has 11 heteroatoms. The van der Waals surface area contributed by atoms with Crippen molar-refractivity contribution >= 4 is 36.3 Å². The SMILES string of the molecule is CCC(C)C(NC(=O)C(CS)NC(=O)C(Cc1ccc(O)cc1)NC(=O)C1CCCN1)C(=O)O. The van der Waals surface area contributed by atoms with Gasteiger partial charge >= 0.3 is 5.97 Å². The van der Waals surface area contributed by atoms with Crippen LogP contribution in [0.25, 0.3) is 0 Å². The van der Waals surface area contributed by atoms with Crippen LogP contribution in [-0.2, 0) is 25.6 Å². The van der Waals surface area contributed by atoms with Gasteiger partial charge in [-0.25, -0.2) is 4.79 Å². The molecular weight excluding hydrogens is 460 g/mol. The second-order valence-corrected chi connectivity index (χ2v) is 8.90. The van der Waals surface area contributed by atoms with Crippen LogP contribution in [-0.4, -0.2) is 70.4 Å². The Morgan fingerprint density at radius 2 is 1.74 bits per heavy atom. The van der Waals surface area contributed by atoms with Gasteiger partial charge in [-0.3, -0.25) is 14.4 Å². The van der Waals surface area contributed by atoms with Gasteiger partial charge in [0, 0.05) is 12.2 Å². The van der Waals surface area contributed by atoms with E-state index in [9.17, 15) is 29.4 Å². The van der Waals surface area contributed by atoms with E-state index in [-0.39, 0.29) is 29.7 Å². The summed E-state index contributed by atoms with van der Waals surface area (Å²) in [5.74, 6) is -3.02. The molecule has 0 aromatic heterocycles. The minimum atomic E-state index is -1.16. The fourth-order valence-corrected chi connectivity index (χ4v) is 3.92. The van der Waals surface area contributed by atoms with Crippen molar-refractivity contribution in [3.05, 3.63) is 29.8 Å². The number of aromatic hydroxyl groups is 1. The fraction of sp³-hybridized carbons (Fsp3) is 0.565. The number of carbonyl (C=O) groups is 4. The van der Waals surface area contributed by atoms with Crippen LogP contribution in [0.15, 0.2) is 24.3 Å². The van der Waals surface area contributed by atoms with Crippen molar-refractivity contribution in [1.29, 1.82) is 0 Å². The molecule has 1 heterocycles. The maximum Gasteiger partial charge on any atom is 0.326 e. The highest BCUT2D eigenvalue weighted by Crippen LogP contribution is 2.13. The second kappa shape index (κ2) is 13.2. The Morgan fingerprint density at radius 1 is 1.09 bits per heavy atom. The number of hydrogen-bond donors (Lipinski definition) is 7. The van der Waals surface area contributed by atoms with Crippen LogP contribution in [0.3, 0.4) is 0 Å². The number of phenols is 1. The average molecular weight is 495 g/mol. The summed E-state index contributed by atoms with van der Waals surface area (Å²) in [7, 11) is 0. The van der Waals surface area contributed by atoms with Crippen molar-refractivity contribution in [3.8, 4) is 5.75 Å². The van der Waals surface area contributed by atoms with E-state index in [2.05, 4.69) is 33.9 Å². The predicted octanol–water partition coefficient (Wildman–Crippen LogP) is 0.202. The number of phenolic OH excluding ortho intramolecular Hbond substituents is 1. The molecule has 1 aliphatic heterocycles. The topological polar surface area (TPSA) is 157 Å². The molecule has 1 fully saturated rings. The number of nitrogens with one attached hydrogen (secondary N) is 4. The lowest BCUT2D eigenvalue weighted by Gasteiger charge is -2.26. The quantitative estimate of drug-likeness (QED) is 0.205. The molecule has 6 N–H and O–H groups in total. The Morgan fingerprint density at radius 3 is 2.26 bits per heavy atom. The Labute approximate surface area is 204 Å². The van der Waals surface area contributed by atoms with Crippen LogP contribution in [0.2, 0.25) is 0 Å². The zero-order valence-corrected chi connectivity index (χ0v) is 20.3. The number of rotatable bonds is 12. The normalized spacial score (nSPS) is 18.9. The number of hydrogen-bond acceptors (Lipinski definition) is 7. The van der Waals surface area contributed by atoms with Gasteiger partial charge < -0.3 is 31.5 Å². The van der Waals surface area contributed by atoms with Crippen molar-refractivity contribution in [2.45, 2.75) is 63.7 Å². The molecule has 3 amide bonds. The molecule has 0 saturated carbocycles. The largest absolute Gasteiger partial charge is 0.508 e. The van der Waals surface area contributed by atoms with E-state index < -0.39 is 42.0 Å². The molecule has 5 unspecified atom stereocenters. The third-order valence-corrected chi connectivity index (χ3v) is 6.34. The highest BCUT2D eigenvalue weighted by Gasteiger charge is 2.32. The van der Waals surface area contributed by atoms with Crippen LogP contribution in [0, 0.1) is 5.92 Å². The number of amides is 3. The zero-order chi connectivity index (χ0) is 25.3. The van der Waals surface area contributed by atoms with Crippen molar-refractivity contribution in [3.63, 3.8) is 0 Å². The van der Waals surface area contributed by atoms with Crippen LogP contribution in [0.4, 0.5) is 0 Å². The van der Waals surface area contributed by atoms with Gasteiger partial charge in [0.05, 0.1) is 6.04 Å². The minimum Gasteiger partial charge on any atom is -0.508 e. The highest BCUT2D eigenvalue weighted by molar-refractivity contribution is 7.80. The number of aliphatic carboxylic acids is 1. The first-order valence-electron chi connectivity index (χ1n) is 11.4. The van der Waals surface area contributed by atoms with E-state index in [0.29, 0.717) is 18.4 Å². The number of carboxylic acid groups (broad SMARTS) is 1. The molecule has 0 spiro atoms. The molecule has 1 aliphatic rings. The van der Waals surface area contributed by atoms with Crippen molar-refractivity contribution in [2.75, 3.05) is 12.3 Å². The average Bonchev–Trinajstić information content (AvgIpc) is 3.36. The molecule has 2 rings (SSSR count). The summed E-state index contributed by atoms with van der Waals surface area (Å²) >= 11 is 4.15. The molecule has 0 aliphatic carbocycles. The first-order chi connectivity index (χ1) is 16.2. The van der Waals surface area contributed by atoms with Gasteiger partial charge in [-0.2, -0.15) is 12.6 Å². The van der Waals surface area contributed by atoms with Gasteiger partial charge in [-0.1, -0.05) is 32.4 Å². The molecular formula is C23H34N4O6S. The molecule has 1 aromatic rings. The summed E-state index contributed by atoms with van der Waals surface area (Å²) in [4.78, 5) is 50.1. The summed E-state index contributed by atoms with van der Waals surface area (Å²) in [6.07, 6.45) is 2.20. The predicted molar refractivity (Wildman–Crippen MR) is 130 cm³/mol. The molecule has 34 heavy (non-hydrogen) atoms. The Bertz CT molecular complexity index is 860. The van der Waals surface area contributed by atoms with Gasteiger partial charge in [0.2, 0.25) is 17.7 Å². The summed E-state index contributed by atoms with van der Waals surface area (Å²) in [6, 6.07) is 2.67. The van der Waals surface area contributed by atoms with E-state index in [1.165, 1.54) is 12.1 Å². The monoisotopic (exact) mass is 494 g/mol. The molecule has 1 aromatic carbocycles. The number of carboxylic acids is 1. The third-order valence-electron chi connectivity index (χ3n) is 5.98. The van der Waals surface area contributed by atoms with Crippen molar-refractivity contribution in [1.82, 2.24) is 21.3 Å². The second-order valence-electron chi connectivity index (χ2n) is 8.53. The number of thiol groups is 1. The van der Waals surface area contributed by atoms with Gasteiger partial charge in [0.25, 0.3) is 0 Å². The lowest BCUT2D eigenvalue weighted by molar-refractivity contribution is -0.143. The van der Waals surface area contributed by atoms with E-state index in [1.54, 1.807) is 19.1 Å². The lowest BCUT2D eigenvalue weighted by atomic mass is 9.99. The van der Waals surface area contributed by atoms with Crippen LogP contribution >= 0.6 is 12.6 Å². The summed E-state index contributed by atoms with van der Waals surface area (Å²) in [6.45, 7) is 4.25. The van der Waals surface area contributed by atoms with Crippen molar-refractivity contribution in [2.24, 2.45) is 5.92 Å². The van der Waals surface area contributed by atoms with Crippen LogP contribution < -0.4 is 21.3 Å². The first-order valence-corrected chi connectivity index (χ1v) is 12.1. The molecule has 0 radical (unpaired) electrons. The molecule has 0 bridgehead atoms. The summed E-state index contributed by atoms with van der Waals surface area (Å²) in [5, 5.41) is 29.9.